The van der Waals surface area contributed by atoms with Crippen molar-refractivity contribution in [2.24, 2.45) is 0 Å². The van der Waals surface area contributed by atoms with Crippen LogP contribution in [0, 0.1) is 0 Å². The highest BCUT2D eigenvalue weighted by Gasteiger charge is 2.40. The molecule has 11 rings (SSSR count). The summed E-state index contributed by atoms with van der Waals surface area (Å²) in [5.74, 6) is 0. The lowest BCUT2D eigenvalue weighted by atomic mass is 9.72. The third-order valence-corrected chi connectivity index (χ3v) is 13.8. The molecule has 0 spiro atoms. The molecule has 0 radical (unpaired) electrons. The van der Waals surface area contributed by atoms with Crippen LogP contribution in [-0.2, 0) is 16.2 Å². The van der Waals surface area contributed by atoms with Gasteiger partial charge >= 0.3 is 0 Å². The van der Waals surface area contributed by atoms with E-state index >= 15 is 0 Å². The van der Waals surface area contributed by atoms with E-state index in [1.54, 1.807) is 0 Å². The van der Waals surface area contributed by atoms with Gasteiger partial charge in [0.2, 0.25) is 0 Å². The molecular formula is C57H48N2. The Balaban J connectivity index is 0.885. The molecule has 2 heteroatoms. The number of fused-ring (bicyclic) bond motifs is 8. The molecule has 2 nitrogen and oxygen atoms in total. The first-order chi connectivity index (χ1) is 28.5. The second kappa shape index (κ2) is 12.7. The predicted molar refractivity (Wildman–Crippen MR) is 251 cm³/mol. The Labute approximate surface area is 348 Å². The van der Waals surface area contributed by atoms with Gasteiger partial charge in [-0.1, -0.05) is 163 Å². The zero-order valence-corrected chi connectivity index (χ0v) is 34.7. The van der Waals surface area contributed by atoms with Gasteiger partial charge in [0.05, 0.1) is 11.4 Å². The molecule has 1 aliphatic carbocycles. The quantitative estimate of drug-likeness (QED) is 0.180. The number of benzene rings is 8. The first-order valence-corrected chi connectivity index (χ1v) is 21.0. The fourth-order valence-electron chi connectivity index (χ4n) is 10.4. The Morgan fingerprint density at radius 2 is 1.02 bits per heavy atom. The Morgan fingerprint density at radius 1 is 0.390 bits per heavy atom. The normalized spacial score (nSPS) is 16.1. The van der Waals surface area contributed by atoms with E-state index in [1.807, 2.05) is 0 Å². The van der Waals surface area contributed by atoms with Crippen molar-refractivity contribution in [1.82, 2.24) is 0 Å². The summed E-state index contributed by atoms with van der Waals surface area (Å²) in [7, 11) is 0. The molecular weight excluding hydrogens is 713 g/mol. The molecule has 0 fully saturated rings. The summed E-state index contributed by atoms with van der Waals surface area (Å²) >= 11 is 0. The Morgan fingerprint density at radius 3 is 1.85 bits per heavy atom. The summed E-state index contributed by atoms with van der Waals surface area (Å²) < 4.78 is 0. The van der Waals surface area contributed by atoms with E-state index in [9.17, 15) is 0 Å². The zero-order chi connectivity index (χ0) is 40.3. The maximum absolute atomic E-state index is 3.78. The zero-order valence-electron chi connectivity index (χ0n) is 34.7. The first-order valence-electron chi connectivity index (χ1n) is 21.0. The minimum atomic E-state index is -0.157. The maximum Gasteiger partial charge on any atom is 0.0503 e. The number of nitrogens with zero attached hydrogens (tertiary/aromatic N) is 1. The molecule has 1 N–H and O–H groups in total. The largest absolute Gasteiger partial charge is 0.355 e. The van der Waals surface area contributed by atoms with E-state index in [1.165, 1.54) is 106 Å². The monoisotopic (exact) mass is 760 g/mol. The second-order valence-corrected chi connectivity index (χ2v) is 18.4. The highest BCUT2D eigenvalue weighted by Crippen LogP contribution is 2.55. The van der Waals surface area contributed by atoms with Gasteiger partial charge in [0, 0.05) is 33.3 Å². The second-order valence-electron chi connectivity index (χ2n) is 18.4. The number of anilines is 5. The van der Waals surface area contributed by atoms with Gasteiger partial charge in [-0.25, -0.2) is 0 Å². The molecule has 0 atom stereocenters. The van der Waals surface area contributed by atoms with Crippen molar-refractivity contribution < 1.29 is 0 Å². The summed E-state index contributed by atoms with van der Waals surface area (Å²) in [6, 6.07) is 61.0. The van der Waals surface area contributed by atoms with Gasteiger partial charge in [0.1, 0.15) is 0 Å². The lowest BCUT2D eigenvalue weighted by molar-refractivity contribution is 0.632. The van der Waals surface area contributed by atoms with Crippen molar-refractivity contribution in [3.8, 4) is 22.3 Å². The fourth-order valence-corrected chi connectivity index (χ4v) is 10.4. The van der Waals surface area contributed by atoms with E-state index in [2.05, 4.69) is 228 Å². The van der Waals surface area contributed by atoms with E-state index in [-0.39, 0.29) is 16.2 Å². The molecule has 2 aliphatic heterocycles. The van der Waals surface area contributed by atoms with Gasteiger partial charge in [-0.2, -0.15) is 0 Å². The summed E-state index contributed by atoms with van der Waals surface area (Å²) in [5.41, 5.74) is 21.5. The molecule has 0 bridgehead atoms. The molecule has 2 heterocycles. The van der Waals surface area contributed by atoms with Crippen LogP contribution < -0.4 is 10.2 Å². The van der Waals surface area contributed by atoms with Crippen molar-refractivity contribution in [1.29, 1.82) is 0 Å². The topological polar surface area (TPSA) is 15.3 Å². The van der Waals surface area contributed by atoms with Crippen LogP contribution >= 0.6 is 0 Å². The lowest BCUT2D eigenvalue weighted by Crippen LogP contribution is -2.30. The molecule has 0 unspecified atom stereocenters. The van der Waals surface area contributed by atoms with Gasteiger partial charge in [-0.05, 0) is 132 Å². The molecule has 3 aliphatic rings. The Hall–Kier alpha value is -6.64. The minimum Gasteiger partial charge on any atom is -0.355 e. The van der Waals surface area contributed by atoms with Gasteiger partial charge in [0.25, 0.3) is 0 Å². The van der Waals surface area contributed by atoms with Gasteiger partial charge in [0.15, 0.2) is 0 Å². The third kappa shape index (κ3) is 5.39. The molecule has 8 aromatic rings. The molecule has 0 saturated carbocycles. The molecule has 0 amide bonds. The number of hydrogen-bond donors (Lipinski definition) is 1. The van der Waals surface area contributed by atoms with Crippen molar-refractivity contribution in [2.45, 2.75) is 57.8 Å². The average molecular weight is 761 g/mol. The highest BCUT2D eigenvalue weighted by molar-refractivity contribution is 5.93. The smallest absolute Gasteiger partial charge is 0.0503 e. The van der Waals surface area contributed by atoms with Crippen molar-refractivity contribution in [3.05, 3.63) is 208 Å². The van der Waals surface area contributed by atoms with E-state index in [0.29, 0.717) is 0 Å². The van der Waals surface area contributed by atoms with Gasteiger partial charge in [-0.15, -0.1) is 0 Å². The molecule has 0 saturated heterocycles. The Kier molecular flexibility index (Phi) is 7.63. The van der Waals surface area contributed by atoms with Crippen LogP contribution in [0.5, 0.6) is 0 Å². The van der Waals surface area contributed by atoms with Gasteiger partial charge in [-0.3, -0.25) is 0 Å². The number of rotatable bonds is 4. The van der Waals surface area contributed by atoms with E-state index in [4.69, 9.17) is 0 Å². The number of hydrogen-bond acceptors (Lipinski definition) is 2. The van der Waals surface area contributed by atoms with Crippen LogP contribution in [0.4, 0.5) is 28.4 Å². The summed E-state index contributed by atoms with van der Waals surface area (Å²) in [6.45, 7) is 14.2. The first kappa shape index (κ1) is 35.5. The lowest BCUT2D eigenvalue weighted by Gasteiger charge is -2.42. The predicted octanol–water partition coefficient (Wildman–Crippen LogP) is 15.5. The van der Waals surface area contributed by atoms with Crippen LogP contribution in [0.1, 0.15) is 86.1 Å². The summed E-state index contributed by atoms with van der Waals surface area (Å²) in [5, 5.41) is 6.28. The standard InChI is InChI=1S/C57H48N2/c1-55(2)45-15-9-11-17-51(45)58-52-35-48-44(34-49(52)55)43-29-27-41(33-47(43)57(48,5)6)39-24-21-36(22-25-39)19-20-37-23-30-54-50(31-37)56(3,4)46-16-10-12-18-53(46)59(54)42-28-26-38-13-7-8-14-40(38)32-42/h7-35,58H,1-6H3/b20-19+. The molecule has 286 valence electrons. The van der Waals surface area contributed by atoms with Crippen LogP contribution in [0.2, 0.25) is 0 Å². The Bertz CT molecular complexity index is 3050. The minimum absolute atomic E-state index is 0.0857. The number of nitrogens with one attached hydrogen (secondary N) is 1. The van der Waals surface area contributed by atoms with Crippen molar-refractivity contribution >= 4 is 51.4 Å². The molecule has 59 heavy (non-hydrogen) atoms. The summed E-state index contributed by atoms with van der Waals surface area (Å²) in [6.07, 6.45) is 4.50. The molecule has 8 aromatic carbocycles. The maximum atomic E-state index is 3.78. The van der Waals surface area contributed by atoms with Crippen LogP contribution in [0.15, 0.2) is 164 Å². The van der Waals surface area contributed by atoms with Crippen LogP contribution in [0.3, 0.4) is 0 Å². The third-order valence-electron chi connectivity index (χ3n) is 13.8. The molecule has 0 aromatic heterocycles. The SMILES string of the molecule is CC1(C)c2ccccc2Nc2cc3c(cc21)-c1ccc(-c2ccc(/C=C/c4ccc5c(c4)C(C)(C)c4ccccc4N5c4ccc5ccccc5c4)cc2)cc1C3(C)C. The van der Waals surface area contributed by atoms with E-state index < -0.39 is 0 Å². The van der Waals surface area contributed by atoms with Crippen LogP contribution in [0.25, 0.3) is 45.2 Å². The average Bonchev–Trinajstić information content (AvgIpc) is 3.47. The summed E-state index contributed by atoms with van der Waals surface area (Å²) in [4.78, 5) is 2.44. The van der Waals surface area contributed by atoms with Gasteiger partial charge < -0.3 is 10.2 Å². The van der Waals surface area contributed by atoms with Crippen LogP contribution in [-0.4, -0.2) is 0 Å². The van der Waals surface area contributed by atoms with Crippen molar-refractivity contribution in [2.75, 3.05) is 10.2 Å². The van der Waals surface area contributed by atoms with Crippen molar-refractivity contribution in [3.63, 3.8) is 0 Å². The van der Waals surface area contributed by atoms with E-state index in [0.717, 1.165) is 0 Å². The highest BCUT2D eigenvalue weighted by atomic mass is 15.2. The number of para-hydroxylation sites is 2. The fraction of sp³-hybridized carbons (Fsp3) is 0.158.